The quantitative estimate of drug-likeness (QED) is 0.582. The molecule has 0 saturated carbocycles. The van der Waals surface area contributed by atoms with E-state index in [4.69, 9.17) is 10.2 Å². The van der Waals surface area contributed by atoms with Crippen molar-refractivity contribution in [3.8, 4) is 11.4 Å². The second-order valence-electron chi connectivity index (χ2n) is 6.35. The molecule has 28 heavy (non-hydrogen) atoms. The van der Waals surface area contributed by atoms with Crippen LogP contribution in [0, 0.1) is 5.92 Å². The number of furan rings is 1. The first kappa shape index (κ1) is 19.6. The molecule has 3 aromatic rings. The number of nitrogens with zero attached hydrogens (tertiary/aromatic N) is 4. The Morgan fingerprint density at radius 3 is 2.71 bits per heavy atom. The average molecular weight is 400 g/mol. The predicted molar refractivity (Wildman–Crippen MR) is 103 cm³/mol. The van der Waals surface area contributed by atoms with Gasteiger partial charge in [0.2, 0.25) is 5.91 Å². The van der Waals surface area contributed by atoms with Gasteiger partial charge in [-0.1, -0.05) is 25.6 Å². The van der Waals surface area contributed by atoms with Crippen LogP contribution in [0.2, 0.25) is 0 Å². The van der Waals surface area contributed by atoms with Crippen molar-refractivity contribution in [2.75, 3.05) is 0 Å². The van der Waals surface area contributed by atoms with E-state index >= 15 is 0 Å². The van der Waals surface area contributed by atoms with Crippen LogP contribution >= 0.6 is 11.8 Å². The highest BCUT2D eigenvalue weighted by Gasteiger charge is 2.28. The Bertz CT molecular complexity index is 940. The van der Waals surface area contributed by atoms with Gasteiger partial charge in [-0.25, -0.2) is 4.79 Å². The molecule has 3 aromatic heterocycles. The van der Waals surface area contributed by atoms with Gasteiger partial charge in [0.25, 0.3) is 0 Å². The van der Waals surface area contributed by atoms with E-state index in [2.05, 4.69) is 20.5 Å². The lowest BCUT2D eigenvalue weighted by Crippen LogP contribution is -2.42. The summed E-state index contributed by atoms with van der Waals surface area (Å²) >= 11 is 1.22. The molecule has 3 amide bonds. The van der Waals surface area contributed by atoms with E-state index < -0.39 is 17.2 Å². The Morgan fingerprint density at radius 2 is 2.11 bits per heavy atom. The third-order valence-corrected chi connectivity index (χ3v) is 5.40. The van der Waals surface area contributed by atoms with Gasteiger partial charge in [-0.05, 0) is 30.2 Å². The molecule has 0 aliphatic carbocycles. The number of urea groups is 1. The van der Waals surface area contributed by atoms with E-state index in [1.165, 1.54) is 11.8 Å². The minimum Gasteiger partial charge on any atom is -0.467 e. The Balaban J connectivity index is 1.96. The highest BCUT2D eigenvalue weighted by atomic mass is 32.2. The standard InChI is InChI=1S/C18H20N6O3S/c1-11(2)14(16(25)21-17(19)26)28-18-23-22-15(12-5-3-7-20-9-12)24(18)10-13-6-4-8-27-13/h3-9,11,14H,10H2,1-2H3,(H3,19,21,25,26). The number of hydrogen-bond donors (Lipinski definition) is 2. The molecule has 0 aromatic carbocycles. The van der Waals surface area contributed by atoms with Crippen LogP contribution < -0.4 is 11.1 Å². The molecule has 3 heterocycles. The van der Waals surface area contributed by atoms with Crippen molar-refractivity contribution < 1.29 is 14.0 Å². The fourth-order valence-corrected chi connectivity index (χ4v) is 3.62. The minimum absolute atomic E-state index is 0.0695. The van der Waals surface area contributed by atoms with Crippen LogP contribution in [0.1, 0.15) is 19.6 Å². The van der Waals surface area contributed by atoms with E-state index in [-0.39, 0.29) is 5.92 Å². The summed E-state index contributed by atoms with van der Waals surface area (Å²) in [6, 6.07) is 6.45. The molecular weight excluding hydrogens is 380 g/mol. The van der Waals surface area contributed by atoms with Crippen LogP contribution in [0.3, 0.4) is 0 Å². The maximum absolute atomic E-state index is 12.4. The number of pyridine rings is 1. The lowest BCUT2D eigenvalue weighted by atomic mass is 10.1. The topological polar surface area (TPSA) is 129 Å². The molecule has 1 atom stereocenters. The molecule has 0 bridgehead atoms. The van der Waals surface area contributed by atoms with Crippen LogP contribution in [-0.4, -0.2) is 36.9 Å². The third-order valence-electron chi connectivity index (χ3n) is 3.87. The van der Waals surface area contributed by atoms with Crippen LogP contribution in [0.5, 0.6) is 0 Å². The van der Waals surface area contributed by atoms with Gasteiger partial charge < -0.3 is 10.2 Å². The highest BCUT2D eigenvalue weighted by Crippen LogP contribution is 2.30. The summed E-state index contributed by atoms with van der Waals surface area (Å²) in [5.41, 5.74) is 5.88. The number of primary amides is 1. The monoisotopic (exact) mass is 400 g/mol. The number of nitrogens with two attached hydrogens (primary N) is 1. The van der Waals surface area contributed by atoms with Crippen molar-refractivity contribution in [1.29, 1.82) is 0 Å². The number of carbonyl (C=O) groups excluding carboxylic acids is 2. The zero-order valence-corrected chi connectivity index (χ0v) is 16.2. The fourth-order valence-electron chi connectivity index (χ4n) is 2.58. The lowest BCUT2D eigenvalue weighted by molar-refractivity contribution is -0.120. The predicted octanol–water partition coefficient (Wildman–Crippen LogP) is 2.29. The lowest BCUT2D eigenvalue weighted by Gasteiger charge is -2.18. The van der Waals surface area contributed by atoms with Gasteiger partial charge in [-0.2, -0.15) is 0 Å². The summed E-state index contributed by atoms with van der Waals surface area (Å²) in [6.07, 6.45) is 4.96. The van der Waals surface area contributed by atoms with Crippen molar-refractivity contribution in [3.63, 3.8) is 0 Å². The summed E-state index contributed by atoms with van der Waals surface area (Å²) in [7, 11) is 0. The van der Waals surface area contributed by atoms with Crippen molar-refractivity contribution in [3.05, 3.63) is 48.7 Å². The maximum Gasteiger partial charge on any atom is 0.318 e. The van der Waals surface area contributed by atoms with E-state index in [1.54, 1.807) is 24.7 Å². The van der Waals surface area contributed by atoms with Crippen molar-refractivity contribution in [2.45, 2.75) is 30.8 Å². The van der Waals surface area contributed by atoms with Gasteiger partial charge in [-0.3, -0.25) is 19.7 Å². The molecule has 0 spiro atoms. The summed E-state index contributed by atoms with van der Waals surface area (Å²) in [4.78, 5) is 27.6. The first-order valence-electron chi connectivity index (χ1n) is 8.58. The highest BCUT2D eigenvalue weighted by molar-refractivity contribution is 8.00. The van der Waals surface area contributed by atoms with E-state index in [1.807, 2.05) is 36.6 Å². The number of imide groups is 1. The molecule has 3 N–H and O–H groups in total. The first-order chi connectivity index (χ1) is 13.5. The fraction of sp³-hybridized carbons (Fsp3) is 0.278. The molecule has 9 nitrogen and oxygen atoms in total. The molecule has 0 aliphatic heterocycles. The SMILES string of the molecule is CC(C)C(Sc1nnc(-c2cccnc2)n1Cc1ccco1)C(=O)NC(N)=O. The number of amides is 3. The van der Waals surface area contributed by atoms with Gasteiger partial charge in [0.05, 0.1) is 18.1 Å². The number of aromatic nitrogens is 4. The summed E-state index contributed by atoms with van der Waals surface area (Å²) < 4.78 is 7.32. The van der Waals surface area contributed by atoms with Gasteiger partial charge >= 0.3 is 6.03 Å². The average Bonchev–Trinajstić information content (AvgIpc) is 3.30. The normalized spacial score (nSPS) is 12.1. The Kier molecular flexibility index (Phi) is 6.09. The van der Waals surface area contributed by atoms with Gasteiger partial charge in [-0.15, -0.1) is 10.2 Å². The molecule has 146 valence electrons. The minimum atomic E-state index is -0.885. The number of hydrogen-bond acceptors (Lipinski definition) is 7. The Hall–Kier alpha value is -3.14. The molecular formula is C18H20N6O3S. The third kappa shape index (κ3) is 4.58. The van der Waals surface area contributed by atoms with Gasteiger partial charge in [0.15, 0.2) is 11.0 Å². The summed E-state index contributed by atoms with van der Waals surface area (Å²) in [5.74, 6) is 0.780. The molecule has 1 unspecified atom stereocenters. The number of rotatable bonds is 7. The molecule has 3 rings (SSSR count). The van der Waals surface area contributed by atoms with Crippen LogP contribution in [0.25, 0.3) is 11.4 Å². The zero-order valence-electron chi connectivity index (χ0n) is 15.4. The number of nitrogens with one attached hydrogen (secondary N) is 1. The molecule has 0 fully saturated rings. The largest absolute Gasteiger partial charge is 0.467 e. The van der Waals surface area contributed by atoms with Gasteiger partial charge in [0.1, 0.15) is 5.76 Å². The molecule has 0 radical (unpaired) electrons. The molecule has 0 saturated heterocycles. The smallest absolute Gasteiger partial charge is 0.318 e. The van der Waals surface area contributed by atoms with E-state index in [9.17, 15) is 9.59 Å². The van der Waals surface area contributed by atoms with Crippen LogP contribution in [0.4, 0.5) is 4.79 Å². The first-order valence-corrected chi connectivity index (χ1v) is 9.46. The van der Waals surface area contributed by atoms with Crippen molar-refractivity contribution in [2.24, 2.45) is 11.7 Å². The second kappa shape index (κ2) is 8.70. The van der Waals surface area contributed by atoms with Crippen molar-refractivity contribution >= 4 is 23.7 Å². The van der Waals surface area contributed by atoms with Crippen molar-refractivity contribution in [1.82, 2.24) is 25.1 Å². The zero-order chi connectivity index (χ0) is 20.1. The molecule has 0 aliphatic rings. The number of thioether (sulfide) groups is 1. The van der Waals surface area contributed by atoms with E-state index in [0.29, 0.717) is 17.5 Å². The number of carbonyl (C=O) groups is 2. The maximum atomic E-state index is 12.4. The Labute approximate surface area is 165 Å². The second-order valence-corrected chi connectivity index (χ2v) is 7.46. The summed E-state index contributed by atoms with van der Waals surface area (Å²) in [6.45, 7) is 4.15. The van der Waals surface area contributed by atoms with Crippen LogP contribution in [-0.2, 0) is 11.3 Å². The van der Waals surface area contributed by atoms with E-state index in [0.717, 1.165) is 11.3 Å². The van der Waals surface area contributed by atoms with Crippen LogP contribution in [0.15, 0.2) is 52.5 Å². The van der Waals surface area contributed by atoms with Gasteiger partial charge in [0, 0.05) is 18.0 Å². The summed E-state index contributed by atoms with van der Waals surface area (Å²) in [5, 5.41) is 10.6. The molecule has 10 heteroatoms. The Morgan fingerprint density at radius 1 is 1.29 bits per heavy atom.